The molecule has 1 heterocycles. The van der Waals surface area contributed by atoms with Gasteiger partial charge < -0.3 is 4.90 Å². The number of carbonyl (C=O) groups excluding carboxylic acids is 1. The van der Waals surface area contributed by atoms with Gasteiger partial charge in [0.05, 0.1) is 0 Å². The number of rotatable bonds is 6. The number of anilines is 1. The molecule has 1 rings (SSSR count). The van der Waals surface area contributed by atoms with Gasteiger partial charge in [-0.2, -0.15) is 0 Å². The van der Waals surface area contributed by atoms with Crippen molar-refractivity contribution in [2.45, 2.75) is 66.0 Å². The minimum absolute atomic E-state index is 0.0203. The van der Waals surface area contributed by atoms with E-state index in [-0.39, 0.29) is 11.4 Å². The lowest BCUT2D eigenvalue weighted by molar-refractivity contribution is 0.177. The molecule has 5 nitrogen and oxygen atoms in total. The number of amides is 2. The Bertz CT molecular complexity index is 553. The summed E-state index contributed by atoms with van der Waals surface area (Å²) in [6, 6.07) is 4.90. The molecule has 0 aliphatic rings. The van der Waals surface area contributed by atoms with Crippen molar-refractivity contribution in [3.63, 3.8) is 0 Å². The Balaban J connectivity index is 3.12. The fourth-order valence-electron chi connectivity index (χ4n) is 2.91. The summed E-state index contributed by atoms with van der Waals surface area (Å²) in [5, 5.41) is 0. The molecule has 0 saturated heterocycles. The van der Waals surface area contributed by atoms with Crippen LogP contribution in [-0.4, -0.2) is 60.1 Å². The highest BCUT2D eigenvalue weighted by molar-refractivity contribution is 5.90. The first-order valence-electron chi connectivity index (χ1n) is 9.16. The maximum Gasteiger partial charge on any atom is 0.325 e. The summed E-state index contributed by atoms with van der Waals surface area (Å²) < 4.78 is 0. The smallest absolute Gasteiger partial charge is 0.325 e. The van der Waals surface area contributed by atoms with Crippen LogP contribution in [0.5, 0.6) is 0 Å². The SMILES string of the molecule is CC(C)N(CCN(C(=O)N(C)C)c1cc(C(C)(C)C)ccn1)C(C)C. The van der Waals surface area contributed by atoms with Crippen LogP contribution in [-0.2, 0) is 5.41 Å². The summed E-state index contributed by atoms with van der Waals surface area (Å²) in [6.45, 7) is 16.7. The van der Waals surface area contributed by atoms with Crippen molar-refractivity contribution in [1.82, 2.24) is 14.8 Å². The molecule has 1 aromatic rings. The molecule has 142 valence electrons. The molecular formula is C20H36N4O. The van der Waals surface area contributed by atoms with Gasteiger partial charge in [-0.1, -0.05) is 20.8 Å². The van der Waals surface area contributed by atoms with Gasteiger partial charge in [0.1, 0.15) is 5.82 Å². The van der Waals surface area contributed by atoms with Crippen LogP contribution in [0.1, 0.15) is 54.0 Å². The van der Waals surface area contributed by atoms with Crippen molar-refractivity contribution >= 4 is 11.8 Å². The number of nitrogens with zero attached hydrogens (tertiary/aromatic N) is 4. The minimum Gasteiger partial charge on any atom is -0.330 e. The Morgan fingerprint density at radius 3 is 2.08 bits per heavy atom. The number of urea groups is 1. The van der Waals surface area contributed by atoms with Crippen molar-refractivity contribution in [3.8, 4) is 0 Å². The molecule has 0 N–H and O–H groups in total. The molecule has 0 spiro atoms. The highest BCUT2D eigenvalue weighted by atomic mass is 16.2. The number of hydrogen-bond donors (Lipinski definition) is 0. The maximum atomic E-state index is 12.8. The van der Waals surface area contributed by atoms with Crippen molar-refractivity contribution in [2.24, 2.45) is 0 Å². The Kier molecular flexibility index (Phi) is 7.42. The van der Waals surface area contributed by atoms with Crippen LogP contribution < -0.4 is 4.90 Å². The van der Waals surface area contributed by atoms with E-state index in [2.05, 4.69) is 58.4 Å². The Hall–Kier alpha value is -1.62. The van der Waals surface area contributed by atoms with Gasteiger partial charge in [0, 0.05) is 45.5 Å². The molecule has 0 saturated carbocycles. The second kappa shape index (κ2) is 8.65. The lowest BCUT2D eigenvalue weighted by Gasteiger charge is -2.34. The van der Waals surface area contributed by atoms with Gasteiger partial charge in [0.2, 0.25) is 0 Å². The largest absolute Gasteiger partial charge is 0.330 e. The number of pyridine rings is 1. The first-order chi connectivity index (χ1) is 11.4. The Morgan fingerprint density at radius 2 is 1.64 bits per heavy atom. The summed E-state index contributed by atoms with van der Waals surface area (Å²) in [7, 11) is 3.57. The van der Waals surface area contributed by atoms with Crippen molar-refractivity contribution in [2.75, 3.05) is 32.1 Å². The third kappa shape index (κ3) is 5.99. The van der Waals surface area contributed by atoms with Crippen LogP contribution in [0.2, 0.25) is 0 Å². The average Bonchev–Trinajstić information content (AvgIpc) is 2.49. The van der Waals surface area contributed by atoms with Gasteiger partial charge in [-0.25, -0.2) is 9.78 Å². The Morgan fingerprint density at radius 1 is 1.08 bits per heavy atom. The number of carbonyl (C=O) groups is 1. The standard InChI is InChI=1S/C20H36N4O/c1-15(2)23(16(3)4)12-13-24(19(25)22(8)9)18-14-17(10-11-21-18)20(5,6)7/h10-11,14-16H,12-13H2,1-9H3. The van der Waals surface area contributed by atoms with Crippen LogP contribution >= 0.6 is 0 Å². The minimum atomic E-state index is -0.0361. The van der Waals surface area contributed by atoms with E-state index in [1.165, 1.54) is 5.56 Å². The van der Waals surface area contributed by atoms with Crippen molar-refractivity contribution in [1.29, 1.82) is 0 Å². The normalized spacial score (nSPS) is 12.2. The second-order valence-electron chi connectivity index (χ2n) is 8.41. The molecule has 1 aromatic heterocycles. The van der Waals surface area contributed by atoms with Gasteiger partial charge in [-0.15, -0.1) is 0 Å². The van der Waals surface area contributed by atoms with Gasteiger partial charge in [-0.3, -0.25) is 9.80 Å². The molecule has 0 fully saturated rings. The van der Waals surface area contributed by atoms with E-state index in [9.17, 15) is 4.79 Å². The van der Waals surface area contributed by atoms with Crippen LogP contribution in [0.4, 0.5) is 10.6 Å². The van der Waals surface area contributed by atoms with Gasteiger partial charge in [-0.05, 0) is 50.8 Å². The number of aromatic nitrogens is 1. The zero-order valence-electron chi connectivity index (χ0n) is 17.5. The van der Waals surface area contributed by atoms with Gasteiger partial charge in [0.25, 0.3) is 0 Å². The van der Waals surface area contributed by atoms with E-state index in [0.29, 0.717) is 18.6 Å². The summed E-state index contributed by atoms with van der Waals surface area (Å²) in [4.78, 5) is 23.0. The molecule has 0 aromatic carbocycles. The first kappa shape index (κ1) is 21.4. The quantitative estimate of drug-likeness (QED) is 0.780. The Labute approximate surface area is 154 Å². The second-order valence-corrected chi connectivity index (χ2v) is 8.41. The fraction of sp³-hybridized carbons (Fsp3) is 0.700. The van der Waals surface area contributed by atoms with E-state index in [1.807, 2.05) is 12.1 Å². The zero-order valence-corrected chi connectivity index (χ0v) is 17.5. The molecule has 0 atom stereocenters. The van der Waals surface area contributed by atoms with E-state index < -0.39 is 0 Å². The predicted molar refractivity (Wildman–Crippen MR) is 106 cm³/mol. The summed E-state index contributed by atoms with van der Waals surface area (Å²) >= 11 is 0. The van der Waals surface area contributed by atoms with Crippen LogP contribution in [0.25, 0.3) is 0 Å². The molecule has 5 heteroatoms. The van der Waals surface area contributed by atoms with Gasteiger partial charge >= 0.3 is 6.03 Å². The topological polar surface area (TPSA) is 39.7 Å². The monoisotopic (exact) mass is 348 g/mol. The molecule has 2 amide bonds. The van der Waals surface area contributed by atoms with E-state index in [0.717, 1.165) is 12.4 Å². The van der Waals surface area contributed by atoms with Crippen LogP contribution in [0.3, 0.4) is 0 Å². The summed E-state index contributed by atoms with van der Waals surface area (Å²) in [5.74, 6) is 0.721. The summed E-state index contributed by atoms with van der Waals surface area (Å²) in [5.41, 5.74) is 1.20. The molecule has 25 heavy (non-hydrogen) atoms. The molecule has 0 aliphatic carbocycles. The van der Waals surface area contributed by atoms with Crippen molar-refractivity contribution in [3.05, 3.63) is 23.9 Å². The molecule has 0 radical (unpaired) electrons. The molecule has 0 unspecified atom stereocenters. The lowest BCUT2D eigenvalue weighted by atomic mass is 9.88. The van der Waals surface area contributed by atoms with Crippen LogP contribution in [0, 0.1) is 0 Å². The highest BCUT2D eigenvalue weighted by Crippen LogP contribution is 2.25. The maximum absolute atomic E-state index is 12.8. The van der Waals surface area contributed by atoms with E-state index in [1.54, 1.807) is 30.1 Å². The van der Waals surface area contributed by atoms with Crippen LogP contribution in [0.15, 0.2) is 18.3 Å². The highest BCUT2D eigenvalue weighted by Gasteiger charge is 2.23. The van der Waals surface area contributed by atoms with Gasteiger partial charge in [0.15, 0.2) is 0 Å². The average molecular weight is 349 g/mol. The molecule has 0 bridgehead atoms. The first-order valence-corrected chi connectivity index (χ1v) is 9.16. The fourth-order valence-corrected chi connectivity index (χ4v) is 2.91. The van der Waals surface area contributed by atoms with E-state index in [4.69, 9.17) is 0 Å². The zero-order chi connectivity index (χ0) is 19.4. The summed E-state index contributed by atoms with van der Waals surface area (Å²) in [6.07, 6.45) is 1.80. The number of hydrogen-bond acceptors (Lipinski definition) is 3. The predicted octanol–water partition coefficient (Wildman–Crippen LogP) is 3.99. The van der Waals surface area contributed by atoms with Crippen molar-refractivity contribution < 1.29 is 4.79 Å². The molecular weight excluding hydrogens is 312 g/mol. The molecule has 0 aliphatic heterocycles. The third-order valence-corrected chi connectivity index (χ3v) is 4.41. The lowest BCUT2D eigenvalue weighted by Crippen LogP contribution is -2.47. The van der Waals surface area contributed by atoms with E-state index >= 15 is 0 Å². The third-order valence-electron chi connectivity index (χ3n) is 4.41.